The number of carbonyl (C=O) groups is 1. The van der Waals surface area contributed by atoms with E-state index in [1.807, 2.05) is 24.3 Å². The van der Waals surface area contributed by atoms with Crippen LogP contribution >= 0.6 is 0 Å². The molecule has 3 rings (SSSR count). The average Bonchev–Trinajstić information content (AvgIpc) is 2.72. The molecule has 1 saturated heterocycles. The van der Waals surface area contributed by atoms with Gasteiger partial charge in [0.15, 0.2) is 0 Å². The van der Waals surface area contributed by atoms with Crippen molar-refractivity contribution >= 4 is 12.3 Å². The van der Waals surface area contributed by atoms with Gasteiger partial charge in [0.1, 0.15) is 6.04 Å². The molecule has 2 aliphatic heterocycles. The highest BCUT2D eigenvalue weighted by Gasteiger charge is 2.42. The van der Waals surface area contributed by atoms with Gasteiger partial charge in [0.25, 0.3) is 0 Å². The lowest BCUT2D eigenvalue weighted by atomic mass is 9.99. The van der Waals surface area contributed by atoms with Crippen molar-refractivity contribution in [2.75, 3.05) is 6.61 Å². The van der Waals surface area contributed by atoms with Crippen LogP contribution in [0.4, 0.5) is 4.79 Å². The first kappa shape index (κ1) is 9.95. The molecule has 88 valence electrons. The summed E-state index contributed by atoms with van der Waals surface area (Å²) in [5, 5.41) is 7.05. The van der Waals surface area contributed by atoms with Gasteiger partial charge in [-0.3, -0.25) is 5.43 Å². The fourth-order valence-electron chi connectivity index (χ4n) is 2.04. The minimum Gasteiger partial charge on any atom is -0.447 e. The summed E-state index contributed by atoms with van der Waals surface area (Å²) in [5.41, 5.74) is 5.00. The number of amides is 1. The van der Waals surface area contributed by atoms with Gasteiger partial charge in [0.05, 0.1) is 12.3 Å². The highest BCUT2D eigenvalue weighted by molar-refractivity contribution is 5.76. The van der Waals surface area contributed by atoms with Gasteiger partial charge in [0, 0.05) is 6.21 Å². The summed E-state index contributed by atoms with van der Waals surface area (Å²) in [6.07, 6.45) is 9.01. The first-order valence-electron chi connectivity index (χ1n) is 5.46. The molecule has 1 aliphatic carbocycles. The van der Waals surface area contributed by atoms with Crippen molar-refractivity contribution in [3.05, 3.63) is 35.6 Å². The molecule has 0 saturated carbocycles. The van der Waals surface area contributed by atoms with Gasteiger partial charge in [-0.05, 0) is 24.6 Å². The summed E-state index contributed by atoms with van der Waals surface area (Å²) >= 11 is 0. The fourth-order valence-corrected chi connectivity index (χ4v) is 2.04. The van der Waals surface area contributed by atoms with Gasteiger partial charge in [-0.25, -0.2) is 4.79 Å². The zero-order valence-corrected chi connectivity index (χ0v) is 9.33. The number of allylic oxidation sites excluding steroid dienone is 3. The first-order valence-corrected chi connectivity index (χ1v) is 5.46. The van der Waals surface area contributed by atoms with Crippen LogP contribution in [0, 0.1) is 0 Å². The number of nitrogens with zero attached hydrogens (tertiary/aromatic N) is 3. The molecular weight excluding hydrogens is 220 g/mol. The van der Waals surface area contributed by atoms with Crippen molar-refractivity contribution in [3.63, 3.8) is 0 Å². The molecule has 0 aromatic carbocycles. The average molecular weight is 232 g/mol. The topological polar surface area (TPSA) is 57.2 Å². The number of ether oxygens (including phenoxy) is 1. The minimum atomic E-state index is -0.457. The molecule has 0 aromatic heterocycles. The first-order chi connectivity index (χ1) is 8.31. The van der Waals surface area contributed by atoms with Crippen LogP contribution in [0.25, 0.3) is 0 Å². The number of hydrazine groups is 2. The Balaban J connectivity index is 1.92. The van der Waals surface area contributed by atoms with E-state index in [-0.39, 0.29) is 6.04 Å². The van der Waals surface area contributed by atoms with Crippen LogP contribution in [0.2, 0.25) is 0 Å². The normalized spacial score (nSPS) is 23.9. The third kappa shape index (κ3) is 1.41. The van der Waals surface area contributed by atoms with E-state index in [2.05, 4.69) is 10.5 Å². The molecule has 17 heavy (non-hydrogen) atoms. The van der Waals surface area contributed by atoms with Gasteiger partial charge in [0.2, 0.25) is 0 Å². The molecule has 0 radical (unpaired) electrons. The Morgan fingerprint density at radius 3 is 3.29 bits per heavy atom. The van der Waals surface area contributed by atoms with Gasteiger partial charge in [-0.1, -0.05) is 12.2 Å². The van der Waals surface area contributed by atoms with Crippen LogP contribution in [0.1, 0.15) is 6.92 Å². The van der Waals surface area contributed by atoms with Crippen molar-refractivity contribution in [2.45, 2.75) is 13.0 Å². The quantitative estimate of drug-likeness (QED) is 0.730. The lowest BCUT2D eigenvalue weighted by Gasteiger charge is -2.28. The second-order valence-corrected chi connectivity index (χ2v) is 3.76. The maximum Gasteiger partial charge on any atom is 0.450 e. The Hall–Kier alpha value is -2.24. The van der Waals surface area contributed by atoms with Crippen LogP contribution in [0.15, 0.2) is 40.7 Å². The van der Waals surface area contributed by atoms with Crippen molar-refractivity contribution in [2.24, 2.45) is 5.10 Å². The second kappa shape index (κ2) is 3.65. The Kier molecular flexibility index (Phi) is 2.14. The Bertz CT molecular complexity index is 478. The van der Waals surface area contributed by atoms with E-state index in [1.165, 1.54) is 5.12 Å². The van der Waals surface area contributed by atoms with Gasteiger partial charge in [-0.15, -0.1) is 5.12 Å². The third-order valence-corrected chi connectivity index (χ3v) is 2.74. The maximum atomic E-state index is 11.7. The van der Waals surface area contributed by atoms with E-state index in [9.17, 15) is 4.79 Å². The number of hydrogen-bond donors (Lipinski definition) is 1. The van der Waals surface area contributed by atoms with E-state index in [4.69, 9.17) is 4.74 Å². The van der Waals surface area contributed by atoms with Crippen LogP contribution in [0.3, 0.4) is 0 Å². The van der Waals surface area contributed by atoms with Crippen LogP contribution in [0.5, 0.6) is 0 Å². The van der Waals surface area contributed by atoms with Crippen LogP contribution in [-0.4, -0.2) is 35.2 Å². The Morgan fingerprint density at radius 1 is 1.59 bits per heavy atom. The van der Waals surface area contributed by atoms with Crippen LogP contribution in [-0.2, 0) is 4.74 Å². The summed E-state index contributed by atoms with van der Waals surface area (Å²) in [5.74, 6) is 0. The molecule has 3 aliphatic rings. The van der Waals surface area contributed by atoms with Crippen molar-refractivity contribution in [3.8, 4) is 0 Å². The predicted molar refractivity (Wildman–Crippen MR) is 61.4 cm³/mol. The number of carbonyl (C=O) groups excluding carboxylic acids is 1. The van der Waals surface area contributed by atoms with Crippen LogP contribution < -0.4 is 5.43 Å². The molecule has 6 nitrogen and oxygen atoms in total. The molecule has 0 bridgehead atoms. The molecule has 1 N–H and O–H groups in total. The number of nitrogens with one attached hydrogen (secondary N) is 1. The van der Waals surface area contributed by atoms with E-state index in [1.54, 1.807) is 18.3 Å². The molecule has 6 heteroatoms. The summed E-state index contributed by atoms with van der Waals surface area (Å²) in [7, 11) is 0. The molecule has 0 aromatic rings. The number of hydrogen-bond acceptors (Lipinski definition) is 5. The van der Waals surface area contributed by atoms with Crippen molar-refractivity contribution in [1.29, 1.82) is 0 Å². The number of rotatable bonds is 1. The minimum absolute atomic E-state index is 0.0468. The van der Waals surface area contributed by atoms with Gasteiger partial charge in [-0.2, -0.15) is 10.2 Å². The lowest BCUT2D eigenvalue weighted by molar-refractivity contribution is -0.0211. The smallest absolute Gasteiger partial charge is 0.447 e. The Labute approximate surface area is 98.5 Å². The van der Waals surface area contributed by atoms with E-state index < -0.39 is 6.09 Å². The molecule has 1 atom stereocenters. The van der Waals surface area contributed by atoms with Gasteiger partial charge >= 0.3 is 6.09 Å². The number of hydrazone groups is 1. The monoisotopic (exact) mass is 232 g/mol. The Morgan fingerprint density at radius 2 is 2.47 bits per heavy atom. The molecule has 1 unspecified atom stereocenters. The fraction of sp³-hybridized carbons (Fsp3) is 0.273. The second-order valence-electron chi connectivity index (χ2n) is 3.76. The largest absolute Gasteiger partial charge is 0.450 e. The van der Waals surface area contributed by atoms with Crippen molar-refractivity contribution in [1.82, 2.24) is 15.7 Å². The summed E-state index contributed by atoms with van der Waals surface area (Å²) in [4.78, 5) is 11.7. The zero-order valence-electron chi connectivity index (χ0n) is 9.33. The molecule has 1 amide bonds. The SMILES string of the molecule is CCOC(=O)N1NC2=CC=CC3=CC=NN1C32. The van der Waals surface area contributed by atoms with E-state index in [0.29, 0.717) is 6.61 Å². The predicted octanol–water partition coefficient (Wildman–Crippen LogP) is 0.928. The lowest BCUT2D eigenvalue weighted by Crippen LogP contribution is -2.46. The summed E-state index contributed by atoms with van der Waals surface area (Å²) in [6.45, 7) is 2.10. The zero-order chi connectivity index (χ0) is 11.8. The maximum absolute atomic E-state index is 11.7. The standard InChI is InChI=1S/C11H12N4O2/c1-2-17-11(16)15-13-9-5-3-4-8-6-7-12-14(15)10(8)9/h3-7,10,13H,2H2,1H3. The molecule has 1 fully saturated rings. The van der Waals surface area contributed by atoms with Crippen molar-refractivity contribution < 1.29 is 9.53 Å². The highest BCUT2D eigenvalue weighted by Crippen LogP contribution is 2.31. The summed E-state index contributed by atoms with van der Waals surface area (Å²) in [6, 6.07) is -0.0468. The third-order valence-electron chi connectivity index (χ3n) is 2.74. The molecular formula is C11H12N4O2. The van der Waals surface area contributed by atoms with E-state index in [0.717, 1.165) is 11.3 Å². The molecule has 2 heterocycles. The highest BCUT2D eigenvalue weighted by atomic mass is 16.6. The molecule has 0 spiro atoms. The summed E-state index contributed by atoms with van der Waals surface area (Å²) < 4.78 is 4.97. The van der Waals surface area contributed by atoms with Gasteiger partial charge < -0.3 is 4.74 Å². The van der Waals surface area contributed by atoms with E-state index >= 15 is 0 Å².